The minimum atomic E-state index is 0.113. The molecular weight excluding hydrogens is 384 g/mol. The number of rotatable bonds is 3. The maximum absolute atomic E-state index is 12.8. The van der Waals surface area contributed by atoms with Gasteiger partial charge in [-0.15, -0.1) is 23.1 Å². The number of para-hydroxylation sites is 1. The third-order valence-electron chi connectivity index (χ3n) is 4.53. The molecule has 0 N–H and O–H groups in total. The average Bonchev–Trinajstić information content (AvgIpc) is 3.23. The third kappa shape index (κ3) is 3.21. The SMILES string of the molecule is CSc1cccc2sc(N3CCN(C(=O)c4sc(C)nc4C)CC3)nc12. The Morgan fingerprint density at radius 2 is 1.88 bits per heavy atom. The lowest BCUT2D eigenvalue weighted by atomic mass is 10.3. The highest BCUT2D eigenvalue weighted by molar-refractivity contribution is 7.98. The molecule has 0 unspecified atom stereocenters. The molecule has 1 amide bonds. The van der Waals surface area contributed by atoms with E-state index in [1.54, 1.807) is 23.1 Å². The fourth-order valence-electron chi connectivity index (χ4n) is 3.19. The molecule has 0 saturated carbocycles. The van der Waals surface area contributed by atoms with E-state index in [0.717, 1.165) is 52.4 Å². The lowest BCUT2D eigenvalue weighted by molar-refractivity contribution is 0.0750. The van der Waals surface area contributed by atoms with E-state index in [9.17, 15) is 4.79 Å². The monoisotopic (exact) mass is 404 g/mol. The van der Waals surface area contributed by atoms with Crippen molar-refractivity contribution < 1.29 is 4.79 Å². The zero-order valence-corrected chi connectivity index (χ0v) is 17.4. The number of amides is 1. The van der Waals surface area contributed by atoms with Crippen LogP contribution in [0, 0.1) is 13.8 Å². The van der Waals surface area contributed by atoms with Gasteiger partial charge in [-0.1, -0.05) is 17.4 Å². The number of thioether (sulfide) groups is 1. The number of benzene rings is 1. The van der Waals surface area contributed by atoms with Gasteiger partial charge >= 0.3 is 0 Å². The van der Waals surface area contributed by atoms with Crippen LogP contribution in [0.3, 0.4) is 0 Å². The van der Waals surface area contributed by atoms with Gasteiger partial charge in [0.2, 0.25) is 0 Å². The normalized spacial score (nSPS) is 15.0. The molecule has 0 bridgehead atoms. The molecule has 26 heavy (non-hydrogen) atoms. The van der Waals surface area contributed by atoms with Crippen molar-refractivity contribution in [2.24, 2.45) is 0 Å². The highest BCUT2D eigenvalue weighted by atomic mass is 32.2. The molecule has 0 radical (unpaired) electrons. The van der Waals surface area contributed by atoms with E-state index in [0.29, 0.717) is 0 Å². The van der Waals surface area contributed by atoms with Crippen LogP contribution in [0.15, 0.2) is 23.1 Å². The Morgan fingerprint density at radius 3 is 2.54 bits per heavy atom. The van der Waals surface area contributed by atoms with Crippen LogP contribution in [0.2, 0.25) is 0 Å². The van der Waals surface area contributed by atoms with Crippen molar-refractivity contribution in [3.05, 3.63) is 33.8 Å². The summed E-state index contributed by atoms with van der Waals surface area (Å²) in [7, 11) is 0. The molecule has 0 spiro atoms. The summed E-state index contributed by atoms with van der Waals surface area (Å²) in [6, 6.07) is 6.34. The summed E-state index contributed by atoms with van der Waals surface area (Å²) >= 11 is 4.96. The van der Waals surface area contributed by atoms with Crippen LogP contribution in [0.4, 0.5) is 5.13 Å². The number of hydrogen-bond donors (Lipinski definition) is 0. The van der Waals surface area contributed by atoms with E-state index in [4.69, 9.17) is 4.98 Å². The number of carbonyl (C=O) groups is 1. The highest BCUT2D eigenvalue weighted by Crippen LogP contribution is 2.34. The van der Waals surface area contributed by atoms with Gasteiger partial charge < -0.3 is 9.80 Å². The molecule has 0 atom stereocenters. The second-order valence-corrected chi connectivity index (χ2v) is 9.29. The van der Waals surface area contributed by atoms with Crippen LogP contribution >= 0.6 is 34.4 Å². The van der Waals surface area contributed by atoms with Gasteiger partial charge in [-0.25, -0.2) is 9.97 Å². The van der Waals surface area contributed by atoms with Crippen molar-refractivity contribution in [2.75, 3.05) is 37.3 Å². The molecular formula is C18H20N4OS3. The molecule has 3 aromatic rings. The van der Waals surface area contributed by atoms with E-state index in [-0.39, 0.29) is 5.91 Å². The van der Waals surface area contributed by atoms with E-state index < -0.39 is 0 Å². The first-order chi connectivity index (χ1) is 12.6. The molecule has 1 fully saturated rings. The van der Waals surface area contributed by atoms with Crippen molar-refractivity contribution in [1.82, 2.24) is 14.9 Å². The molecule has 136 valence electrons. The molecule has 1 saturated heterocycles. The largest absolute Gasteiger partial charge is 0.345 e. The fraction of sp³-hybridized carbons (Fsp3) is 0.389. The van der Waals surface area contributed by atoms with Gasteiger partial charge in [0, 0.05) is 31.1 Å². The van der Waals surface area contributed by atoms with E-state index in [2.05, 4.69) is 34.3 Å². The highest BCUT2D eigenvalue weighted by Gasteiger charge is 2.26. The first-order valence-corrected chi connectivity index (χ1v) is 11.3. The number of anilines is 1. The summed E-state index contributed by atoms with van der Waals surface area (Å²) < 4.78 is 1.22. The first-order valence-electron chi connectivity index (χ1n) is 8.48. The zero-order valence-electron chi connectivity index (χ0n) is 15.0. The third-order valence-corrected chi connectivity index (χ3v) is 7.44. The lowest BCUT2D eigenvalue weighted by Gasteiger charge is -2.34. The van der Waals surface area contributed by atoms with Crippen LogP contribution in [0.25, 0.3) is 10.2 Å². The summed E-state index contributed by atoms with van der Waals surface area (Å²) in [5, 5.41) is 2.00. The second kappa shape index (κ2) is 7.17. The molecule has 3 heterocycles. The summed E-state index contributed by atoms with van der Waals surface area (Å²) in [5.74, 6) is 0.113. The topological polar surface area (TPSA) is 49.3 Å². The van der Waals surface area contributed by atoms with E-state index >= 15 is 0 Å². The van der Waals surface area contributed by atoms with Crippen molar-refractivity contribution in [2.45, 2.75) is 18.7 Å². The Bertz CT molecular complexity index is 957. The molecule has 0 aliphatic carbocycles. The number of hydrogen-bond acceptors (Lipinski definition) is 7. The molecule has 1 aromatic carbocycles. The number of aryl methyl sites for hydroxylation is 2. The van der Waals surface area contributed by atoms with Crippen molar-refractivity contribution in [3.63, 3.8) is 0 Å². The summed E-state index contributed by atoms with van der Waals surface area (Å²) in [6.07, 6.45) is 2.08. The van der Waals surface area contributed by atoms with Gasteiger partial charge in [-0.05, 0) is 32.2 Å². The minimum Gasteiger partial charge on any atom is -0.345 e. The predicted octanol–water partition coefficient (Wildman–Crippen LogP) is 4.05. The summed E-state index contributed by atoms with van der Waals surface area (Å²) in [6.45, 7) is 6.94. The number of nitrogens with zero attached hydrogens (tertiary/aromatic N) is 4. The van der Waals surface area contributed by atoms with Gasteiger partial charge in [0.1, 0.15) is 4.88 Å². The molecule has 8 heteroatoms. The maximum Gasteiger partial charge on any atom is 0.265 e. The number of fused-ring (bicyclic) bond motifs is 1. The first kappa shape index (κ1) is 17.8. The number of thiazole rings is 2. The van der Waals surface area contributed by atoms with Crippen molar-refractivity contribution in [1.29, 1.82) is 0 Å². The Labute approximate surface area is 165 Å². The molecule has 1 aliphatic rings. The summed E-state index contributed by atoms with van der Waals surface area (Å²) in [5.41, 5.74) is 1.94. The predicted molar refractivity (Wildman–Crippen MR) is 111 cm³/mol. The van der Waals surface area contributed by atoms with Crippen molar-refractivity contribution in [3.8, 4) is 0 Å². The quantitative estimate of drug-likeness (QED) is 0.616. The number of carbonyl (C=O) groups excluding carboxylic acids is 1. The Morgan fingerprint density at radius 1 is 1.12 bits per heavy atom. The van der Waals surface area contributed by atoms with Gasteiger partial charge in [-0.2, -0.15) is 0 Å². The van der Waals surface area contributed by atoms with E-state index in [1.165, 1.54) is 20.9 Å². The minimum absolute atomic E-state index is 0.113. The summed E-state index contributed by atoms with van der Waals surface area (Å²) in [4.78, 5) is 28.2. The zero-order chi connectivity index (χ0) is 18.3. The van der Waals surface area contributed by atoms with Crippen LogP contribution in [-0.2, 0) is 0 Å². The van der Waals surface area contributed by atoms with E-state index in [1.807, 2.05) is 18.7 Å². The van der Waals surface area contributed by atoms with Crippen LogP contribution in [0.5, 0.6) is 0 Å². The van der Waals surface area contributed by atoms with Crippen LogP contribution < -0.4 is 4.90 Å². The van der Waals surface area contributed by atoms with Crippen LogP contribution in [0.1, 0.15) is 20.4 Å². The molecule has 4 rings (SSSR count). The molecule has 2 aromatic heterocycles. The second-order valence-electron chi connectivity index (χ2n) is 6.23. The van der Waals surface area contributed by atoms with Gasteiger partial charge in [0.15, 0.2) is 5.13 Å². The van der Waals surface area contributed by atoms with Gasteiger partial charge in [0.25, 0.3) is 5.91 Å². The Kier molecular flexibility index (Phi) is 4.90. The van der Waals surface area contributed by atoms with Crippen molar-refractivity contribution >= 4 is 55.7 Å². The number of piperazine rings is 1. The van der Waals surface area contributed by atoms with Crippen LogP contribution in [-0.4, -0.2) is 53.2 Å². The molecule has 1 aliphatic heterocycles. The average molecular weight is 405 g/mol. The smallest absolute Gasteiger partial charge is 0.265 e. The van der Waals surface area contributed by atoms with Gasteiger partial charge in [-0.3, -0.25) is 4.79 Å². The Hall–Kier alpha value is -1.64. The maximum atomic E-state index is 12.8. The molecule has 5 nitrogen and oxygen atoms in total. The standard InChI is InChI=1S/C18H20N4OS3/c1-11-16(25-12(2)19-11)17(23)21-7-9-22(10-8-21)18-20-15-13(24-3)5-4-6-14(15)26-18/h4-6H,7-10H2,1-3H3. The number of aromatic nitrogens is 2. The van der Waals surface area contributed by atoms with Gasteiger partial charge in [0.05, 0.1) is 20.9 Å². The Balaban J connectivity index is 1.48. The fourth-order valence-corrected chi connectivity index (χ4v) is 5.75. The lowest BCUT2D eigenvalue weighted by Crippen LogP contribution is -2.48.